The van der Waals surface area contributed by atoms with Crippen LogP contribution in [-0.4, -0.2) is 28.6 Å². The number of esters is 1. The SMILES string of the molecule is C[C@H](Oc1cnc2ccccc2c1)C(=O)OCCCc1cccnc1. The van der Waals surface area contributed by atoms with Crippen LogP contribution < -0.4 is 4.74 Å². The van der Waals surface area contributed by atoms with Crippen molar-refractivity contribution in [2.45, 2.75) is 25.9 Å². The lowest BCUT2D eigenvalue weighted by Gasteiger charge is -2.14. The van der Waals surface area contributed by atoms with Gasteiger partial charge in [-0.1, -0.05) is 24.3 Å². The van der Waals surface area contributed by atoms with Crippen LogP contribution >= 0.6 is 0 Å². The lowest BCUT2D eigenvalue weighted by atomic mass is 10.2. The van der Waals surface area contributed by atoms with Crippen molar-refractivity contribution in [3.05, 3.63) is 66.6 Å². The zero-order valence-corrected chi connectivity index (χ0v) is 14.1. The molecule has 5 heteroatoms. The maximum absolute atomic E-state index is 12.0. The number of carbonyl (C=O) groups excluding carboxylic acids is 1. The largest absolute Gasteiger partial charge is 0.477 e. The normalized spacial score (nSPS) is 11.9. The van der Waals surface area contributed by atoms with E-state index in [1.165, 1.54) is 0 Å². The number of carbonyl (C=O) groups is 1. The molecule has 2 aromatic heterocycles. The van der Waals surface area contributed by atoms with Gasteiger partial charge in [0.25, 0.3) is 0 Å². The van der Waals surface area contributed by atoms with Crippen LogP contribution in [0, 0.1) is 0 Å². The summed E-state index contributed by atoms with van der Waals surface area (Å²) in [5, 5.41) is 0.969. The van der Waals surface area contributed by atoms with E-state index in [9.17, 15) is 4.79 Å². The average Bonchev–Trinajstić information content (AvgIpc) is 2.65. The molecule has 0 N–H and O–H groups in total. The zero-order valence-electron chi connectivity index (χ0n) is 14.1. The first-order valence-corrected chi connectivity index (χ1v) is 8.29. The van der Waals surface area contributed by atoms with Gasteiger partial charge in [0.05, 0.1) is 18.3 Å². The van der Waals surface area contributed by atoms with Gasteiger partial charge < -0.3 is 9.47 Å². The van der Waals surface area contributed by atoms with Crippen LogP contribution in [0.3, 0.4) is 0 Å². The Hall–Kier alpha value is -2.95. The average molecular weight is 336 g/mol. The monoisotopic (exact) mass is 336 g/mol. The van der Waals surface area contributed by atoms with Gasteiger partial charge >= 0.3 is 5.97 Å². The minimum Gasteiger partial charge on any atom is -0.477 e. The van der Waals surface area contributed by atoms with E-state index >= 15 is 0 Å². The lowest BCUT2D eigenvalue weighted by Crippen LogP contribution is -2.26. The van der Waals surface area contributed by atoms with E-state index < -0.39 is 6.10 Å². The molecule has 0 aliphatic carbocycles. The van der Waals surface area contributed by atoms with Crippen molar-refractivity contribution >= 4 is 16.9 Å². The molecule has 3 aromatic rings. The second kappa shape index (κ2) is 8.24. The molecule has 0 fully saturated rings. The summed E-state index contributed by atoms with van der Waals surface area (Å²) in [6.45, 7) is 2.04. The van der Waals surface area contributed by atoms with Crippen LogP contribution in [-0.2, 0) is 16.0 Å². The Morgan fingerprint density at radius 3 is 2.88 bits per heavy atom. The third-order valence-electron chi connectivity index (χ3n) is 3.79. The maximum atomic E-state index is 12.0. The third kappa shape index (κ3) is 4.76. The molecule has 0 aliphatic rings. The molecular weight excluding hydrogens is 316 g/mol. The van der Waals surface area contributed by atoms with Gasteiger partial charge in [-0.05, 0) is 43.5 Å². The highest BCUT2D eigenvalue weighted by atomic mass is 16.6. The second-order valence-corrected chi connectivity index (χ2v) is 5.76. The summed E-state index contributed by atoms with van der Waals surface area (Å²) in [4.78, 5) is 20.4. The van der Waals surface area contributed by atoms with E-state index in [4.69, 9.17) is 9.47 Å². The fourth-order valence-corrected chi connectivity index (χ4v) is 2.48. The number of rotatable bonds is 7. The molecule has 25 heavy (non-hydrogen) atoms. The number of hydrogen-bond acceptors (Lipinski definition) is 5. The first-order chi connectivity index (χ1) is 12.2. The maximum Gasteiger partial charge on any atom is 0.347 e. The van der Waals surface area contributed by atoms with E-state index in [0.29, 0.717) is 12.4 Å². The Labute approximate surface area is 146 Å². The van der Waals surface area contributed by atoms with Crippen LogP contribution in [0.25, 0.3) is 10.9 Å². The van der Waals surface area contributed by atoms with Gasteiger partial charge in [0.2, 0.25) is 0 Å². The van der Waals surface area contributed by atoms with Crippen LogP contribution in [0.2, 0.25) is 0 Å². The number of ether oxygens (including phenoxy) is 2. The predicted molar refractivity (Wildman–Crippen MR) is 95.4 cm³/mol. The van der Waals surface area contributed by atoms with Crippen molar-refractivity contribution in [3.63, 3.8) is 0 Å². The number of pyridine rings is 2. The Balaban J connectivity index is 1.46. The molecule has 0 saturated carbocycles. The summed E-state index contributed by atoms with van der Waals surface area (Å²) in [6, 6.07) is 13.5. The molecule has 0 bridgehead atoms. The van der Waals surface area contributed by atoms with E-state index in [1.54, 1.807) is 19.3 Å². The van der Waals surface area contributed by atoms with Crippen LogP contribution in [0.15, 0.2) is 61.1 Å². The van der Waals surface area contributed by atoms with Gasteiger partial charge in [-0.25, -0.2) is 4.79 Å². The summed E-state index contributed by atoms with van der Waals surface area (Å²) in [6.07, 6.45) is 6.08. The molecule has 1 aromatic carbocycles. The second-order valence-electron chi connectivity index (χ2n) is 5.76. The fraction of sp³-hybridized carbons (Fsp3) is 0.250. The molecule has 2 heterocycles. The van der Waals surface area contributed by atoms with E-state index in [0.717, 1.165) is 29.3 Å². The minimum atomic E-state index is -0.679. The van der Waals surface area contributed by atoms with Crippen LogP contribution in [0.5, 0.6) is 5.75 Å². The topological polar surface area (TPSA) is 61.3 Å². The third-order valence-corrected chi connectivity index (χ3v) is 3.79. The molecule has 0 amide bonds. The van der Waals surface area contributed by atoms with Gasteiger partial charge in [0, 0.05) is 17.8 Å². The highest BCUT2D eigenvalue weighted by Crippen LogP contribution is 2.19. The van der Waals surface area contributed by atoms with Crippen LogP contribution in [0.1, 0.15) is 18.9 Å². The zero-order chi connectivity index (χ0) is 17.5. The van der Waals surface area contributed by atoms with E-state index in [-0.39, 0.29) is 5.97 Å². The van der Waals surface area contributed by atoms with Gasteiger partial charge in [0.15, 0.2) is 6.10 Å². The van der Waals surface area contributed by atoms with E-state index in [2.05, 4.69) is 9.97 Å². The van der Waals surface area contributed by atoms with Crippen molar-refractivity contribution < 1.29 is 14.3 Å². The molecule has 3 rings (SSSR count). The number of nitrogens with zero attached hydrogens (tertiary/aromatic N) is 2. The van der Waals surface area contributed by atoms with Crippen molar-refractivity contribution in [1.29, 1.82) is 0 Å². The summed E-state index contributed by atoms with van der Waals surface area (Å²) in [5.74, 6) is 0.179. The molecule has 0 spiro atoms. The van der Waals surface area contributed by atoms with Gasteiger partial charge in [0.1, 0.15) is 5.75 Å². The number of para-hydroxylation sites is 1. The number of hydrogen-bond donors (Lipinski definition) is 0. The Bertz CT molecular complexity index is 836. The highest BCUT2D eigenvalue weighted by molar-refractivity contribution is 5.80. The smallest absolute Gasteiger partial charge is 0.347 e. The van der Waals surface area contributed by atoms with Crippen molar-refractivity contribution in [3.8, 4) is 5.75 Å². The Kier molecular flexibility index (Phi) is 5.57. The summed E-state index contributed by atoms with van der Waals surface area (Å²) in [7, 11) is 0. The molecule has 0 unspecified atom stereocenters. The Morgan fingerprint density at radius 1 is 1.16 bits per heavy atom. The molecular formula is C20H20N2O3. The minimum absolute atomic E-state index is 0.359. The lowest BCUT2D eigenvalue weighted by molar-refractivity contribution is -0.151. The molecule has 0 saturated heterocycles. The standard InChI is InChI=1S/C20H20N2O3/c1-15(20(23)24-11-5-7-16-6-4-10-21-13-16)25-18-12-17-8-2-3-9-19(17)22-14-18/h2-4,6,8-10,12-15H,5,7,11H2,1H3/t15-/m0/s1. The number of aryl methyl sites for hydroxylation is 1. The molecule has 1 atom stereocenters. The highest BCUT2D eigenvalue weighted by Gasteiger charge is 2.16. The van der Waals surface area contributed by atoms with Gasteiger partial charge in [-0.3, -0.25) is 9.97 Å². The Morgan fingerprint density at radius 2 is 2.04 bits per heavy atom. The molecule has 0 aliphatic heterocycles. The predicted octanol–water partition coefficient (Wildman–Crippen LogP) is 3.57. The first-order valence-electron chi connectivity index (χ1n) is 8.29. The van der Waals surface area contributed by atoms with Gasteiger partial charge in [-0.15, -0.1) is 0 Å². The quantitative estimate of drug-likeness (QED) is 0.487. The van der Waals surface area contributed by atoms with E-state index in [1.807, 2.05) is 48.7 Å². The molecule has 128 valence electrons. The first kappa shape index (κ1) is 16.9. The number of benzene rings is 1. The number of fused-ring (bicyclic) bond motifs is 1. The summed E-state index contributed by atoms with van der Waals surface area (Å²) in [5.41, 5.74) is 2.02. The van der Waals surface area contributed by atoms with Crippen molar-refractivity contribution in [2.75, 3.05) is 6.61 Å². The summed E-state index contributed by atoms with van der Waals surface area (Å²) >= 11 is 0. The van der Waals surface area contributed by atoms with Gasteiger partial charge in [-0.2, -0.15) is 0 Å². The number of aromatic nitrogens is 2. The van der Waals surface area contributed by atoms with Crippen molar-refractivity contribution in [1.82, 2.24) is 9.97 Å². The fourth-order valence-electron chi connectivity index (χ4n) is 2.48. The van der Waals surface area contributed by atoms with Crippen LogP contribution in [0.4, 0.5) is 0 Å². The molecule has 5 nitrogen and oxygen atoms in total. The molecule has 0 radical (unpaired) electrons. The van der Waals surface area contributed by atoms with Crippen molar-refractivity contribution in [2.24, 2.45) is 0 Å². The summed E-state index contributed by atoms with van der Waals surface area (Å²) < 4.78 is 10.9.